The van der Waals surface area contributed by atoms with Crippen molar-refractivity contribution in [3.63, 3.8) is 0 Å². The largest absolute Gasteiger partial charge is 0.480 e. The van der Waals surface area contributed by atoms with Crippen LogP contribution in [0.1, 0.15) is 46.5 Å². The number of hydrogen-bond acceptors (Lipinski definition) is 3. The molecule has 0 spiro atoms. The maximum atomic E-state index is 11.0. The number of nitriles is 1. The number of aliphatic carboxylic acids is 1. The van der Waals surface area contributed by atoms with Crippen molar-refractivity contribution < 1.29 is 9.90 Å². The number of hydrogen-bond donors (Lipinski definition) is 1. The van der Waals surface area contributed by atoms with Crippen LogP contribution in [0.2, 0.25) is 0 Å². The lowest BCUT2D eigenvalue weighted by atomic mass is 9.83. The monoisotopic (exact) mass is 224 g/mol. The Kier molecular flexibility index (Phi) is 3.79. The Labute approximate surface area is 96.9 Å². The van der Waals surface area contributed by atoms with Gasteiger partial charge < -0.3 is 5.11 Å². The molecule has 0 saturated carbocycles. The summed E-state index contributed by atoms with van der Waals surface area (Å²) in [7, 11) is 0. The summed E-state index contributed by atoms with van der Waals surface area (Å²) in [6, 6.07) is -0.510. The minimum atomic E-state index is -0.877. The molecule has 1 rings (SSSR count). The molecule has 1 heterocycles. The van der Waals surface area contributed by atoms with Gasteiger partial charge in [-0.05, 0) is 24.7 Å². The maximum absolute atomic E-state index is 11.0. The fraction of sp³-hybridized carbons (Fsp3) is 0.833. The zero-order chi connectivity index (χ0) is 12.3. The quantitative estimate of drug-likeness (QED) is 0.743. The molecule has 2 unspecified atom stereocenters. The summed E-state index contributed by atoms with van der Waals surface area (Å²) < 4.78 is 0. The number of rotatable bonds is 4. The second-order valence-electron chi connectivity index (χ2n) is 5.31. The molecule has 1 aliphatic heterocycles. The van der Waals surface area contributed by atoms with Crippen LogP contribution in [0.25, 0.3) is 0 Å². The third-order valence-electron chi connectivity index (χ3n) is 3.65. The molecule has 0 aliphatic carbocycles. The molecule has 1 fully saturated rings. The van der Waals surface area contributed by atoms with E-state index in [1.165, 1.54) is 4.90 Å². The van der Waals surface area contributed by atoms with Crippen molar-refractivity contribution in [1.82, 2.24) is 4.90 Å². The van der Waals surface area contributed by atoms with Crippen LogP contribution < -0.4 is 0 Å². The molecule has 4 heteroatoms. The Bertz CT molecular complexity index is 307. The topological polar surface area (TPSA) is 64.3 Å². The van der Waals surface area contributed by atoms with E-state index >= 15 is 0 Å². The van der Waals surface area contributed by atoms with Crippen LogP contribution in [0.5, 0.6) is 0 Å². The van der Waals surface area contributed by atoms with Gasteiger partial charge in [0.1, 0.15) is 6.04 Å². The van der Waals surface area contributed by atoms with Crippen molar-refractivity contribution in [3.8, 4) is 6.19 Å². The molecule has 0 bridgehead atoms. The Morgan fingerprint density at radius 1 is 1.56 bits per heavy atom. The van der Waals surface area contributed by atoms with E-state index in [4.69, 9.17) is 10.4 Å². The Hall–Kier alpha value is -1.24. The first-order valence-electron chi connectivity index (χ1n) is 5.82. The van der Waals surface area contributed by atoms with Crippen LogP contribution in [0.3, 0.4) is 0 Å². The molecule has 1 saturated heterocycles. The molecular formula is C12H20N2O2. The van der Waals surface area contributed by atoms with Crippen molar-refractivity contribution in [2.45, 2.75) is 58.5 Å². The van der Waals surface area contributed by atoms with E-state index in [1.807, 2.05) is 6.19 Å². The zero-order valence-electron chi connectivity index (χ0n) is 10.2. The van der Waals surface area contributed by atoms with Gasteiger partial charge in [0, 0.05) is 6.04 Å². The van der Waals surface area contributed by atoms with Crippen molar-refractivity contribution in [2.24, 2.45) is 5.41 Å². The maximum Gasteiger partial charge on any atom is 0.327 e. The molecule has 90 valence electrons. The molecule has 0 aromatic carbocycles. The summed E-state index contributed by atoms with van der Waals surface area (Å²) in [6.07, 6.45) is 5.38. The molecule has 1 N–H and O–H groups in total. The second kappa shape index (κ2) is 4.73. The van der Waals surface area contributed by atoms with Crippen molar-refractivity contribution >= 4 is 5.97 Å². The zero-order valence-corrected chi connectivity index (χ0v) is 10.2. The van der Waals surface area contributed by atoms with Crippen LogP contribution in [0.15, 0.2) is 0 Å². The van der Waals surface area contributed by atoms with Gasteiger partial charge in [-0.15, -0.1) is 0 Å². The normalized spacial score (nSPS) is 25.5. The fourth-order valence-electron chi connectivity index (χ4n) is 2.26. The van der Waals surface area contributed by atoms with Gasteiger partial charge in [0.25, 0.3) is 0 Å². The first kappa shape index (κ1) is 12.8. The van der Waals surface area contributed by atoms with E-state index in [-0.39, 0.29) is 11.5 Å². The van der Waals surface area contributed by atoms with Gasteiger partial charge in [-0.2, -0.15) is 5.26 Å². The summed E-state index contributed by atoms with van der Waals surface area (Å²) in [5.41, 5.74) is 0.174. The Morgan fingerprint density at radius 3 is 2.62 bits per heavy atom. The number of carbonyl (C=O) groups is 1. The van der Waals surface area contributed by atoms with E-state index < -0.39 is 12.0 Å². The average Bonchev–Trinajstić information content (AvgIpc) is 2.60. The van der Waals surface area contributed by atoms with Crippen molar-refractivity contribution in [3.05, 3.63) is 0 Å². The predicted molar refractivity (Wildman–Crippen MR) is 60.6 cm³/mol. The second-order valence-corrected chi connectivity index (χ2v) is 5.31. The summed E-state index contributed by atoms with van der Waals surface area (Å²) >= 11 is 0. The van der Waals surface area contributed by atoms with E-state index in [9.17, 15) is 4.79 Å². The number of likely N-dealkylation sites (tertiary alicyclic amines) is 1. The van der Waals surface area contributed by atoms with Crippen LogP contribution in [-0.2, 0) is 4.79 Å². The molecule has 4 nitrogen and oxygen atoms in total. The summed E-state index contributed by atoms with van der Waals surface area (Å²) in [5.74, 6) is -0.877. The fourth-order valence-corrected chi connectivity index (χ4v) is 2.26. The van der Waals surface area contributed by atoms with Gasteiger partial charge >= 0.3 is 5.97 Å². The molecule has 0 radical (unpaired) electrons. The number of nitrogens with zero attached hydrogens (tertiary/aromatic N) is 2. The molecule has 16 heavy (non-hydrogen) atoms. The van der Waals surface area contributed by atoms with E-state index in [2.05, 4.69) is 20.8 Å². The summed E-state index contributed by atoms with van der Waals surface area (Å²) in [6.45, 7) is 6.45. The predicted octanol–water partition coefficient (Wildman–Crippen LogP) is 2.21. The highest BCUT2D eigenvalue weighted by Crippen LogP contribution is 2.34. The molecular weight excluding hydrogens is 204 g/mol. The molecule has 2 atom stereocenters. The van der Waals surface area contributed by atoms with Gasteiger partial charge in [0.15, 0.2) is 6.19 Å². The number of carboxylic acid groups (broad SMARTS) is 1. The summed E-state index contributed by atoms with van der Waals surface area (Å²) in [5, 5.41) is 18.0. The van der Waals surface area contributed by atoms with Crippen LogP contribution in [0.4, 0.5) is 0 Å². The Balaban J connectivity index is 2.71. The molecule has 0 aromatic heterocycles. The van der Waals surface area contributed by atoms with Gasteiger partial charge in [0.05, 0.1) is 0 Å². The van der Waals surface area contributed by atoms with Crippen LogP contribution >= 0.6 is 0 Å². The lowest BCUT2D eigenvalue weighted by Crippen LogP contribution is -2.38. The van der Waals surface area contributed by atoms with Gasteiger partial charge in [-0.1, -0.05) is 27.2 Å². The highest BCUT2D eigenvalue weighted by Gasteiger charge is 2.39. The lowest BCUT2D eigenvalue weighted by Gasteiger charge is -2.30. The third-order valence-corrected chi connectivity index (χ3v) is 3.65. The van der Waals surface area contributed by atoms with Gasteiger partial charge in [0.2, 0.25) is 0 Å². The lowest BCUT2D eigenvalue weighted by molar-refractivity contribution is -0.141. The molecule has 0 aromatic rings. The smallest absolute Gasteiger partial charge is 0.327 e. The third kappa shape index (κ3) is 2.66. The summed E-state index contributed by atoms with van der Waals surface area (Å²) in [4.78, 5) is 12.4. The standard InChI is InChI=1S/C12H20N2O2/c1-4-12(2,3)7-9-5-6-10(11(15)16)14(9)8-13/h9-10H,4-7H2,1-3H3,(H,15,16). The first-order chi connectivity index (χ1) is 7.41. The molecule has 1 aliphatic rings. The minimum Gasteiger partial charge on any atom is -0.480 e. The SMILES string of the molecule is CCC(C)(C)CC1CCC(C(=O)O)N1C#N. The Morgan fingerprint density at radius 2 is 2.19 bits per heavy atom. The average molecular weight is 224 g/mol. The van der Waals surface area contributed by atoms with Gasteiger partial charge in [-0.25, -0.2) is 4.79 Å². The van der Waals surface area contributed by atoms with E-state index in [1.54, 1.807) is 0 Å². The molecule has 0 amide bonds. The first-order valence-corrected chi connectivity index (χ1v) is 5.82. The van der Waals surface area contributed by atoms with Gasteiger partial charge in [-0.3, -0.25) is 4.90 Å². The van der Waals surface area contributed by atoms with Crippen LogP contribution in [0, 0.1) is 16.9 Å². The van der Waals surface area contributed by atoms with E-state index in [0.717, 1.165) is 19.3 Å². The minimum absolute atomic E-state index is 0.0982. The highest BCUT2D eigenvalue weighted by atomic mass is 16.4. The highest BCUT2D eigenvalue weighted by molar-refractivity contribution is 5.74. The van der Waals surface area contributed by atoms with E-state index in [0.29, 0.717) is 6.42 Å². The van der Waals surface area contributed by atoms with Crippen molar-refractivity contribution in [1.29, 1.82) is 5.26 Å². The van der Waals surface area contributed by atoms with Crippen LogP contribution in [-0.4, -0.2) is 28.1 Å². The van der Waals surface area contributed by atoms with Crippen molar-refractivity contribution in [2.75, 3.05) is 0 Å². The number of carboxylic acids is 1.